The van der Waals surface area contributed by atoms with Gasteiger partial charge in [0.1, 0.15) is 12.4 Å². The molecule has 3 heteroatoms. The molecular formula is C17H21NO2. The zero-order chi connectivity index (χ0) is 14.2. The van der Waals surface area contributed by atoms with Gasteiger partial charge >= 0.3 is 0 Å². The maximum absolute atomic E-state index is 5.73. The first-order chi connectivity index (χ1) is 9.81. The van der Waals surface area contributed by atoms with Crippen LogP contribution in [0.3, 0.4) is 0 Å². The minimum Gasteiger partial charge on any atom is -0.491 e. The maximum atomic E-state index is 5.73. The highest BCUT2D eigenvalue weighted by molar-refractivity contribution is 5.51. The summed E-state index contributed by atoms with van der Waals surface area (Å²) in [5.41, 5.74) is 3.54. The quantitative estimate of drug-likeness (QED) is 0.780. The molecule has 0 atom stereocenters. The lowest BCUT2D eigenvalue weighted by atomic mass is 10.1. The average molecular weight is 271 g/mol. The number of anilines is 1. The van der Waals surface area contributed by atoms with Crippen LogP contribution in [0.1, 0.15) is 11.1 Å². The van der Waals surface area contributed by atoms with Gasteiger partial charge in [-0.05, 0) is 24.6 Å². The SMILES string of the molecule is COCCOc1ccccc1CNc1ccccc1C. The molecule has 1 N–H and O–H groups in total. The summed E-state index contributed by atoms with van der Waals surface area (Å²) in [6.07, 6.45) is 0. The van der Waals surface area contributed by atoms with Gasteiger partial charge in [0.15, 0.2) is 0 Å². The molecule has 0 aliphatic rings. The van der Waals surface area contributed by atoms with Crippen molar-refractivity contribution in [3.63, 3.8) is 0 Å². The minimum absolute atomic E-state index is 0.567. The van der Waals surface area contributed by atoms with Crippen LogP contribution in [0.15, 0.2) is 48.5 Å². The monoisotopic (exact) mass is 271 g/mol. The zero-order valence-electron chi connectivity index (χ0n) is 12.1. The second-order valence-corrected chi connectivity index (χ2v) is 4.62. The van der Waals surface area contributed by atoms with Crippen LogP contribution in [-0.4, -0.2) is 20.3 Å². The van der Waals surface area contributed by atoms with Gasteiger partial charge in [-0.1, -0.05) is 36.4 Å². The van der Waals surface area contributed by atoms with Crippen molar-refractivity contribution in [2.24, 2.45) is 0 Å². The lowest BCUT2D eigenvalue weighted by Gasteiger charge is -2.13. The van der Waals surface area contributed by atoms with Crippen molar-refractivity contribution in [1.29, 1.82) is 0 Å². The summed E-state index contributed by atoms with van der Waals surface area (Å²) < 4.78 is 10.7. The van der Waals surface area contributed by atoms with Crippen LogP contribution in [-0.2, 0) is 11.3 Å². The fraction of sp³-hybridized carbons (Fsp3) is 0.294. The number of ether oxygens (including phenoxy) is 2. The number of benzene rings is 2. The van der Waals surface area contributed by atoms with E-state index in [0.29, 0.717) is 13.2 Å². The molecule has 0 radical (unpaired) electrons. The molecule has 0 unspecified atom stereocenters. The van der Waals surface area contributed by atoms with Crippen LogP contribution in [0.5, 0.6) is 5.75 Å². The molecular weight excluding hydrogens is 250 g/mol. The highest BCUT2D eigenvalue weighted by Crippen LogP contribution is 2.20. The summed E-state index contributed by atoms with van der Waals surface area (Å²) in [6.45, 7) is 4.01. The summed E-state index contributed by atoms with van der Waals surface area (Å²) in [4.78, 5) is 0. The number of aryl methyl sites for hydroxylation is 1. The van der Waals surface area contributed by atoms with Crippen LogP contribution in [0.2, 0.25) is 0 Å². The van der Waals surface area contributed by atoms with E-state index >= 15 is 0 Å². The van der Waals surface area contributed by atoms with Crippen LogP contribution < -0.4 is 10.1 Å². The largest absolute Gasteiger partial charge is 0.491 e. The van der Waals surface area contributed by atoms with E-state index < -0.39 is 0 Å². The summed E-state index contributed by atoms with van der Waals surface area (Å²) >= 11 is 0. The Morgan fingerprint density at radius 3 is 2.50 bits per heavy atom. The molecule has 0 aromatic heterocycles. The Bertz CT molecular complexity index is 540. The van der Waals surface area contributed by atoms with Crippen molar-refractivity contribution in [2.45, 2.75) is 13.5 Å². The molecule has 0 aliphatic carbocycles. The molecule has 0 heterocycles. The van der Waals surface area contributed by atoms with Crippen molar-refractivity contribution < 1.29 is 9.47 Å². The lowest BCUT2D eigenvalue weighted by Crippen LogP contribution is -2.08. The van der Waals surface area contributed by atoms with Crippen LogP contribution >= 0.6 is 0 Å². The predicted octanol–water partition coefficient (Wildman–Crippen LogP) is 3.63. The molecule has 0 aliphatic heterocycles. The van der Waals surface area contributed by atoms with Crippen molar-refractivity contribution >= 4 is 5.69 Å². The Kier molecular flexibility index (Phi) is 5.44. The molecule has 2 aromatic carbocycles. The molecule has 106 valence electrons. The number of rotatable bonds is 7. The molecule has 2 rings (SSSR count). The van der Waals surface area contributed by atoms with Crippen LogP contribution in [0.4, 0.5) is 5.69 Å². The van der Waals surface area contributed by atoms with Gasteiger partial charge in [-0.3, -0.25) is 0 Å². The smallest absolute Gasteiger partial charge is 0.124 e. The van der Waals surface area contributed by atoms with Crippen LogP contribution in [0.25, 0.3) is 0 Å². The first-order valence-corrected chi connectivity index (χ1v) is 6.80. The zero-order valence-corrected chi connectivity index (χ0v) is 12.1. The summed E-state index contributed by atoms with van der Waals surface area (Å²) in [6, 6.07) is 16.3. The van der Waals surface area contributed by atoms with E-state index in [4.69, 9.17) is 9.47 Å². The molecule has 0 amide bonds. The third kappa shape index (κ3) is 4.00. The van der Waals surface area contributed by atoms with E-state index in [0.717, 1.165) is 23.5 Å². The van der Waals surface area contributed by atoms with Crippen molar-refractivity contribution in [2.75, 3.05) is 25.6 Å². The van der Waals surface area contributed by atoms with Gasteiger partial charge in [-0.15, -0.1) is 0 Å². The fourth-order valence-corrected chi connectivity index (χ4v) is 1.99. The highest BCUT2D eigenvalue weighted by Gasteiger charge is 2.03. The second-order valence-electron chi connectivity index (χ2n) is 4.62. The Morgan fingerprint density at radius 1 is 0.950 bits per heavy atom. The molecule has 0 fully saturated rings. The standard InChI is InChI=1S/C17H21NO2/c1-14-7-3-5-9-16(14)18-13-15-8-4-6-10-17(15)20-12-11-19-2/h3-10,18H,11-13H2,1-2H3. The number of hydrogen-bond donors (Lipinski definition) is 1. The van der Waals surface area contributed by atoms with Gasteiger partial charge in [0.05, 0.1) is 6.61 Å². The number of nitrogens with one attached hydrogen (secondary N) is 1. The van der Waals surface area contributed by atoms with Gasteiger partial charge in [0.25, 0.3) is 0 Å². The average Bonchev–Trinajstić information content (AvgIpc) is 2.48. The molecule has 0 spiro atoms. The van der Waals surface area contributed by atoms with Crippen molar-refractivity contribution in [3.05, 3.63) is 59.7 Å². The second kappa shape index (κ2) is 7.56. The molecule has 0 saturated heterocycles. The molecule has 2 aromatic rings. The first-order valence-electron chi connectivity index (χ1n) is 6.80. The van der Waals surface area contributed by atoms with E-state index in [2.05, 4.69) is 30.4 Å². The van der Waals surface area contributed by atoms with Crippen LogP contribution in [0, 0.1) is 6.92 Å². The Morgan fingerprint density at radius 2 is 1.70 bits per heavy atom. The fourth-order valence-electron chi connectivity index (χ4n) is 1.99. The number of hydrogen-bond acceptors (Lipinski definition) is 3. The van der Waals surface area contributed by atoms with Gasteiger partial charge in [0, 0.05) is 24.9 Å². The van der Waals surface area contributed by atoms with Crippen molar-refractivity contribution in [3.8, 4) is 5.75 Å². The summed E-state index contributed by atoms with van der Waals surface area (Å²) in [7, 11) is 1.68. The third-order valence-corrected chi connectivity index (χ3v) is 3.13. The maximum Gasteiger partial charge on any atom is 0.124 e. The molecule has 20 heavy (non-hydrogen) atoms. The Balaban J connectivity index is 2.00. The Labute approximate surface area is 120 Å². The lowest BCUT2D eigenvalue weighted by molar-refractivity contribution is 0.146. The first kappa shape index (κ1) is 14.4. The molecule has 0 saturated carbocycles. The van der Waals surface area contributed by atoms with Crippen molar-refractivity contribution in [1.82, 2.24) is 0 Å². The topological polar surface area (TPSA) is 30.5 Å². The Hall–Kier alpha value is -2.00. The predicted molar refractivity (Wildman–Crippen MR) is 82.3 cm³/mol. The number of methoxy groups -OCH3 is 1. The third-order valence-electron chi connectivity index (χ3n) is 3.13. The van der Waals surface area contributed by atoms with Gasteiger partial charge in [0.2, 0.25) is 0 Å². The van der Waals surface area contributed by atoms with E-state index in [-0.39, 0.29) is 0 Å². The van der Waals surface area contributed by atoms with Gasteiger partial charge in [-0.2, -0.15) is 0 Å². The highest BCUT2D eigenvalue weighted by atomic mass is 16.5. The van der Waals surface area contributed by atoms with E-state index in [1.54, 1.807) is 7.11 Å². The van der Waals surface area contributed by atoms with E-state index in [1.165, 1.54) is 5.56 Å². The van der Waals surface area contributed by atoms with Gasteiger partial charge in [-0.25, -0.2) is 0 Å². The van der Waals surface area contributed by atoms with Gasteiger partial charge < -0.3 is 14.8 Å². The molecule has 0 bridgehead atoms. The van der Waals surface area contributed by atoms with E-state index in [9.17, 15) is 0 Å². The van der Waals surface area contributed by atoms with E-state index in [1.807, 2.05) is 30.3 Å². The number of para-hydroxylation sites is 2. The molecule has 3 nitrogen and oxygen atoms in total. The minimum atomic E-state index is 0.567. The summed E-state index contributed by atoms with van der Waals surface area (Å²) in [5.74, 6) is 0.908. The normalized spacial score (nSPS) is 10.3. The summed E-state index contributed by atoms with van der Waals surface area (Å²) in [5, 5.41) is 3.45.